The van der Waals surface area contributed by atoms with E-state index in [0.29, 0.717) is 18.8 Å². The molecule has 9 heteroatoms. The zero-order valence-corrected chi connectivity index (χ0v) is 23.8. The van der Waals surface area contributed by atoms with Crippen molar-refractivity contribution in [3.8, 4) is 17.6 Å². The molecule has 2 aromatic rings. The maximum atomic E-state index is 12.2. The Morgan fingerprint density at radius 1 is 1.12 bits per heavy atom. The van der Waals surface area contributed by atoms with Gasteiger partial charge in [-0.05, 0) is 51.6 Å². The topological polar surface area (TPSA) is 68.5 Å². The number of ether oxygens (including phenoxy) is 2. The highest BCUT2D eigenvalue weighted by Gasteiger charge is 2.68. The van der Waals surface area contributed by atoms with E-state index in [1.165, 1.54) is 0 Å². The van der Waals surface area contributed by atoms with Gasteiger partial charge in [0.2, 0.25) is 0 Å². The smallest absolute Gasteiger partial charge is 0.457 e. The van der Waals surface area contributed by atoms with Crippen LogP contribution in [0.1, 0.15) is 31.7 Å². The molecule has 0 bridgehead atoms. The summed E-state index contributed by atoms with van der Waals surface area (Å²) in [5.41, 5.74) is 0.734. The summed E-state index contributed by atoms with van der Waals surface area (Å²) in [6.45, 7) is 4.73. The first-order chi connectivity index (χ1) is 15.6. The second-order valence-corrected chi connectivity index (χ2v) is 17.3. The lowest BCUT2D eigenvalue weighted by Crippen LogP contribution is -2.34. The fourth-order valence-electron chi connectivity index (χ4n) is 4.78. The predicted molar refractivity (Wildman–Crippen MR) is 138 cm³/mol. The maximum absolute atomic E-state index is 12.2. The van der Waals surface area contributed by atoms with Crippen molar-refractivity contribution in [2.45, 2.75) is 40.3 Å². The van der Waals surface area contributed by atoms with E-state index in [9.17, 15) is 9.83 Å². The average molecular weight is 661 g/mol. The molecule has 1 aliphatic heterocycles. The van der Waals surface area contributed by atoms with Gasteiger partial charge >= 0.3 is 8.03 Å². The van der Waals surface area contributed by atoms with Crippen LogP contribution in [-0.4, -0.2) is 20.7 Å². The fraction of sp³-hybridized carbons (Fsp3) is 0.458. The van der Waals surface area contributed by atoms with Crippen molar-refractivity contribution in [2.24, 2.45) is 17.3 Å². The zero-order valence-electron chi connectivity index (χ0n) is 18.2. The Morgan fingerprint density at radius 3 is 2.42 bits per heavy atom. The van der Waals surface area contributed by atoms with Crippen molar-refractivity contribution in [1.29, 1.82) is 5.26 Å². The molecule has 2 fully saturated rings. The van der Waals surface area contributed by atoms with Crippen molar-refractivity contribution in [2.75, 3.05) is 6.61 Å². The summed E-state index contributed by atoms with van der Waals surface area (Å²) in [7, 11) is -1.86. The number of halogens is 3. The van der Waals surface area contributed by atoms with E-state index in [4.69, 9.17) is 14.0 Å². The van der Waals surface area contributed by atoms with Crippen LogP contribution >= 0.6 is 55.8 Å². The molecule has 1 aliphatic carbocycles. The van der Waals surface area contributed by atoms with Crippen molar-refractivity contribution in [1.82, 2.24) is 0 Å². The summed E-state index contributed by atoms with van der Waals surface area (Å²) in [5.74, 6) is 0.695. The SMILES string of the molecule is CC1(C)[C@@H]([C@@H](O[C@@H]2CCO[P+]2=O)C(Br)(Br)Br)[C@H]1[C@H](C#N)c1cccc(Oc2ccccc2)c1. The number of hydrogen-bond donors (Lipinski definition) is 0. The summed E-state index contributed by atoms with van der Waals surface area (Å²) < 4.78 is 29.0. The molecule has 5 nitrogen and oxygen atoms in total. The lowest BCUT2D eigenvalue weighted by molar-refractivity contribution is 0.0173. The molecule has 2 aromatic carbocycles. The number of rotatable bonds is 7. The highest BCUT2D eigenvalue weighted by Crippen LogP contribution is 2.69. The van der Waals surface area contributed by atoms with E-state index in [1.54, 1.807) is 0 Å². The van der Waals surface area contributed by atoms with Gasteiger partial charge in [-0.25, -0.2) is 0 Å². The molecule has 1 unspecified atom stereocenters. The molecule has 0 radical (unpaired) electrons. The van der Waals surface area contributed by atoms with Gasteiger partial charge in [0.1, 0.15) is 24.2 Å². The predicted octanol–water partition coefficient (Wildman–Crippen LogP) is 8.07. The van der Waals surface area contributed by atoms with Gasteiger partial charge < -0.3 is 9.47 Å². The fourth-order valence-corrected chi connectivity index (χ4v) is 6.95. The molecule has 174 valence electrons. The summed E-state index contributed by atoms with van der Waals surface area (Å²) in [5, 5.41) is 10.2. The number of benzene rings is 2. The molecule has 0 amide bonds. The molecule has 0 aromatic heterocycles. The molecule has 0 spiro atoms. The molecule has 0 N–H and O–H groups in total. The van der Waals surface area contributed by atoms with E-state index < -0.39 is 16.0 Å². The van der Waals surface area contributed by atoms with Gasteiger partial charge in [-0.15, -0.1) is 4.52 Å². The lowest BCUT2D eigenvalue weighted by Gasteiger charge is -2.27. The van der Waals surface area contributed by atoms with E-state index >= 15 is 0 Å². The Morgan fingerprint density at radius 2 is 1.82 bits per heavy atom. The average Bonchev–Trinajstić information content (AvgIpc) is 3.08. The highest BCUT2D eigenvalue weighted by atomic mass is 80.0. The van der Waals surface area contributed by atoms with Gasteiger partial charge in [-0.1, -0.05) is 92.0 Å². The van der Waals surface area contributed by atoms with Gasteiger partial charge in [0.25, 0.3) is 5.85 Å². The minimum absolute atomic E-state index is 0.0305. The van der Waals surface area contributed by atoms with Crippen molar-refractivity contribution in [3.05, 3.63) is 60.2 Å². The molecule has 2 aliphatic rings. The lowest BCUT2D eigenvalue weighted by atomic mass is 9.91. The standard InChI is InChI=1S/C24H24Br3NO4P/c1-23(2)20(21(23)22(24(25,26)27)32-19-11-12-30-33(19)29)18(14-28)15-7-6-10-17(13-15)31-16-8-4-3-5-9-16/h3-10,13,18-22H,11-12H2,1-2H3/q+1/t18-,19+,20-,21-,22-/m1/s1. The number of nitriles is 1. The van der Waals surface area contributed by atoms with Gasteiger partial charge in [-0.2, -0.15) is 5.26 Å². The van der Waals surface area contributed by atoms with E-state index in [2.05, 4.69) is 67.7 Å². The van der Waals surface area contributed by atoms with Gasteiger partial charge in [0, 0.05) is 0 Å². The third-order valence-electron chi connectivity index (χ3n) is 6.46. The van der Waals surface area contributed by atoms with Crippen LogP contribution in [0.25, 0.3) is 0 Å². The van der Waals surface area contributed by atoms with Crippen LogP contribution in [0.2, 0.25) is 0 Å². The number of hydrogen-bond acceptors (Lipinski definition) is 5. The maximum Gasteiger partial charge on any atom is 0.540 e. The Labute approximate surface area is 220 Å². The number of para-hydroxylation sites is 1. The van der Waals surface area contributed by atoms with Crippen molar-refractivity contribution < 1.29 is 18.6 Å². The monoisotopic (exact) mass is 658 g/mol. The quantitative estimate of drug-likeness (QED) is 0.222. The summed E-state index contributed by atoms with van der Waals surface area (Å²) in [6, 6.07) is 19.8. The normalized spacial score (nSPS) is 26.9. The van der Waals surface area contributed by atoms with E-state index in [0.717, 1.165) is 11.3 Å². The Hall–Kier alpha value is -0.810. The van der Waals surface area contributed by atoms with Gasteiger partial charge in [-0.3, -0.25) is 0 Å². The van der Waals surface area contributed by atoms with E-state index in [1.807, 2.05) is 54.6 Å². The van der Waals surface area contributed by atoms with Crippen molar-refractivity contribution >= 4 is 55.8 Å². The molecule has 1 saturated carbocycles. The molecule has 33 heavy (non-hydrogen) atoms. The first-order valence-corrected chi connectivity index (χ1v) is 14.3. The Bertz CT molecular complexity index is 1050. The third-order valence-corrected chi connectivity index (χ3v) is 9.10. The van der Waals surface area contributed by atoms with Crippen LogP contribution in [0, 0.1) is 28.6 Å². The second kappa shape index (κ2) is 10.0. The van der Waals surface area contributed by atoms with Crippen LogP contribution in [0.4, 0.5) is 0 Å². The van der Waals surface area contributed by atoms with Crippen LogP contribution in [-0.2, 0) is 13.8 Å². The van der Waals surface area contributed by atoms with Crippen LogP contribution in [0.5, 0.6) is 11.5 Å². The first kappa shape index (κ1) is 25.3. The number of nitrogens with zero attached hydrogens (tertiary/aromatic N) is 1. The number of alkyl halides is 3. The first-order valence-electron chi connectivity index (χ1n) is 10.7. The van der Waals surface area contributed by atoms with E-state index in [-0.39, 0.29) is 29.3 Å². The minimum atomic E-state index is -1.86. The van der Waals surface area contributed by atoms with Crippen LogP contribution in [0.3, 0.4) is 0 Å². The summed E-state index contributed by atoms with van der Waals surface area (Å²) >= 11 is 10.9. The molecular formula is C24H24Br3NO4P+. The third kappa shape index (κ3) is 5.55. The minimum Gasteiger partial charge on any atom is -0.457 e. The molecule has 6 atom stereocenters. The zero-order chi connectivity index (χ0) is 23.8. The molecule has 1 heterocycles. The van der Waals surface area contributed by atoms with Gasteiger partial charge in [0.05, 0.1) is 18.4 Å². The Balaban J connectivity index is 1.58. The highest BCUT2D eigenvalue weighted by molar-refractivity contribution is 9.39. The summed E-state index contributed by atoms with van der Waals surface area (Å²) in [4.78, 5) is 0. The molecule has 4 rings (SSSR count). The second-order valence-electron chi connectivity index (χ2n) is 8.93. The Kier molecular flexibility index (Phi) is 7.70. The largest absolute Gasteiger partial charge is 0.540 e. The van der Waals surface area contributed by atoms with Crippen molar-refractivity contribution in [3.63, 3.8) is 0 Å². The van der Waals surface area contributed by atoms with Crippen LogP contribution < -0.4 is 4.74 Å². The molecular weight excluding hydrogens is 637 g/mol. The summed E-state index contributed by atoms with van der Waals surface area (Å²) in [6.07, 6.45) is 0.218. The molecule has 1 saturated heterocycles. The van der Waals surface area contributed by atoms with Crippen LogP contribution in [0.15, 0.2) is 54.6 Å². The van der Waals surface area contributed by atoms with Gasteiger partial charge in [0.15, 0.2) is 2.14 Å².